The normalized spacial score (nSPS) is 14.1. The number of carbonyl (C=O) groups is 2. The summed E-state index contributed by atoms with van der Waals surface area (Å²) in [6.45, 7) is 4.09. The summed E-state index contributed by atoms with van der Waals surface area (Å²) in [5.74, 6) is -0.871. The molecule has 2 atom stereocenters. The highest BCUT2D eigenvalue weighted by molar-refractivity contribution is 7.45. The van der Waals surface area contributed by atoms with E-state index >= 15 is 0 Å². The molecule has 0 aliphatic rings. The standard InChI is InChI=1S/C57H100NO8P/c1-6-8-10-12-14-16-18-20-22-24-26-27-28-29-30-31-32-34-36-38-40-42-44-46-48-50-57(60)66-55(54-65-67(61,62)64-52-51-58(3,4)5)53-63-56(59)49-47-45-43-41-39-37-35-33-25-23-21-19-17-15-13-11-9-7-2/h8,10,14,16,20,22,26-27,29-30,32,34,38,40,55H,6-7,9,11-13,15,17-19,21,23-25,28,31,33,35-37,39,41-54H2,1-5H3/b10-8-,16-14-,22-20-,27-26-,30-29-,34-32-,40-38-. The van der Waals surface area contributed by atoms with Crippen molar-refractivity contribution in [1.82, 2.24) is 0 Å². The van der Waals surface area contributed by atoms with Crippen LogP contribution >= 0.6 is 7.82 Å². The Hall–Kier alpha value is -2.81. The third-order valence-electron chi connectivity index (χ3n) is 11.2. The molecule has 0 N–H and O–H groups in total. The van der Waals surface area contributed by atoms with Crippen molar-refractivity contribution in [2.75, 3.05) is 47.5 Å². The van der Waals surface area contributed by atoms with Gasteiger partial charge < -0.3 is 27.9 Å². The number of phosphoric ester groups is 1. The Labute approximate surface area is 411 Å². The van der Waals surface area contributed by atoms with E-state index in [1.807, 2.05) is 21.1 Å². The van der Waals surface area contributed by atoms with Crippen LogP contribution in [0.4, 0.5) is 0 Å². The molecule has 0 spiro atoms. The number of quaternary nitrogens is 1. The quantitative estimate of drug-likeness (QED) is 0.0195. The van der Waals surface area contributed by atoms with Crippen molar-refractivity contribution in [1.29, 1.82) is 0 Å². The van der Waals surface area contributed by atoms with Gasteiger partial charge in [0.05, 0.1) is 27.7 Å². The molecule has 0 fully saturated rings. The number of hydrogen-bond donors (Lipinski definition) is 0. The molecular formula is C57H100NO8P. The van der Waals surface area contributed by atoms with E-state index in [1.165, 1.54) is 96.3 Å². The Morgan fingerprint density at radius 3 is 1.27 bits per heavy atom. The molecule has 0 aromatic rings. The summed E-state index contributed by atoms with van der Waals surface area (Å²) in [6, 6.07) is 0. The fourth-order valence-electron chi connectivity index (χ4n) is 7.05. The molecule has 2 unspecified atom stereocenters. The molecular weight excluding hydrogens is 858 g/mol. The third kappa shape index (κ3) is 52.4. The predicted octanol–water partition coefficient (Wildman–Crippen LogP) is 15.7. The number of phosphoric acid groups is 1. The maximum absolute atomic E-state index is 12.8. The van der Waals surface area contributed by atoms with Gasteiger partial charge >= 0.3 is 11.9 Å². The fourth-order valence-corrected chi connectivity index (χ4v) is 7.78. The van der Waals surface area contributed by atoms with E-state index in [4.69, 9.17) is 18.5 Å². The number of allylic oxidation sites excluding steroid dienone is 14. The SMILES string of the molecule is CC/C=C\C/C=C\C/C=C\C/C=C\C/C=C\C/C=C\C/C=C\CCCCCC(=O)OC(COC(=O)CCCCCCCCCCCCCCCCCCCC)COP(=O)([O-])OCC[N+](C)(C)C. The molecule has 0 aromatic carbocycles. The second-order valence-corrected chi connectivity index (χ2v) is 20.3. The molecule has 0 saturated carbocycles. The minimum atomic E-state index is -4.65. The maximum atomic E-state index is 12.8. The summed E-state index contributed by atoms with van der Waals surface area (Å²) in [5.41, 5.74) is 0. The topological polar surface area (TPSA) is 111 Å². The van der Waals surface area contributed by atoms with Crippen molar-refractivity contribution in [3.05, 3.63) is 85.1 Å². The lowest BCUT2D eigenvalue weighted by Crippen LogP contribution is -2.37. The summed E-state index contributed by atoms with van der Waals surface area (Å²) >= 11 is 0. The van der Waals surface area contributed by atoms with Crippen molar-refractivity contribution in [2.45, 2.75) is 219 Å². The molecule has 9 nitrogen and oxygen atoms in total. The Morgan fingerprint density at radius 1 is 0.478 bits per heavy atom. The zero-order valence-corrected chi connectivity index (χ0v) is 44.5. The number of nitrogens with zero attached hydrogens (tertiary/aromatic N) is 1. The smallest absolute Gasteiger partial charge is 0.306 e. The average Bonchev–Trinajstić information content (AvgIpc) is 3.29. The van der Waals surface area contributed by atoms with Crippen LogP contribution in [0, 0.1) is 0 Å². The van der Waals surface area contributed by atoms with Crippen LogP contribution in [0.2, 0.25) is 0 Å². The highest BCUT2D eigenvalue weighted by atomic mass is 31.2. The van der Waals surface area contributed by atoms with Gasteiger partial charge in [0, 0.05) is 12.8 Å². The van der Waals surface area contributed by atoms with Gasteiger partial charge in [-0.05, 0) is 70.6 Å². The van der Waals surface area contributed by atoms with E-state index in [9.17, 15) is 19.0 Å². The molecule has 0 rings (SSSR count). The first-order chi connectivity index (χ1) is 32.5. The van der Waals surface area contributed by atoms with Gasteiger partial charge in [-0.15, -0.1) is 0 Å². The molecule has 386 valence electrons. The maximum Gasteiger partial charge on any atom is 0.306 e. The first kappa shape index (κ1) is 64.2. The Morgan fingerprint density at radius 2 is 0.851 bits per heavy atom. The molecule has 0 radical (unpaired) electrons. The summed E-state index contributed by atoms with van der Waals surface area (Å²) < 4.78 is 34.0. The molecule has 0 amide bonds. The van der Waals surface area contributed by atoms with Crippen LogP contribution < -0.4 is 4.89 Å². The van der Waals surface area contributed by atoms with Gasteiger partial charge in [-0.1, -0.05) is 214 Å². The van der Waals surface area contributed by atoms with E-state index in [0.717, 1.165) is 83.5 Å². The minimum absolute atomic E-state index is 0.0409. The molecule has 67 heavy (non-hydrogen) atoms. The number of carbonyl (C=O) groups excluding carboxylic acids is 2. The Balaban J connectivity index is 4.32. The highest BCUT2D eigenvalue weighted by Gasteiger charge is 2.21. The van der Waals surface area contributed by atoms with Crippen molar-refractivity contribution in [3.63, 3.8) is 0 Å². The van der Waals surface area contributed by atoms with Gasteiger partial charge in [-0.25, -0.2) is 0 Å². The summed E-state index contributed by atoms with van der Waals surface area (Å²) in [5, 5.41) is 0. The molecule has 0 aromatic heterocycles. The van der Waals surface area contributed by atoms with E-state index in [1.54, 1.807) is 0 Å². The summed E-state index contributed by atoms with van der Waals surface area (Å²) in [7, 11) is 1.14. The minimum Gasteiger partial charge on any atom is -0.756 e. The van der Waals surface area contributed by atoms with Crippen molar-refractivity contribution in [2.24, 2.45) is 0 Å². The van der Waals surface area contributed by atoms with Crippen LogP contribution in [0.3, 0.4) is 0 Å². The molecule has 0 aliphatic carbocycles. The van der Waals surface area contributed by atoms with Crippen LogP contribution in [-0.2, 0) is 32.7 Å². The summed E-state index contributed by atoms with van der Waals surface area (Å²) in [4.78, 5) is 37.8. The van der Waals surface area contributed by atoms with Crippen LogP contribution in [0.5, 0.6) is 0 Å². The lowest BCUT2D eigenvalue weighted by atomic mass is 10.0. The number of ether oxygens (including phenoxy) is 2. The molecule has 0 saturated heterocycles. The molecule has 0 heterocycles. The monoisotopic (exact) mass is 958 g/mol. The zero-order chi connectivity index (χ0) is 49.2. The van der Waals surface area contributed by atoms with E-state index in [0.29, 0.717) is 17.4 Å². The fraction of sp³-hybridized carbons (Fsp3) is 0.719. The third-order valence-corrected chi connectivity index (χ3v) is 12.1. The van der Waals surface area contributed by atoms with Gasteiger partial charge in [-0.2, -0.15) is 0 Å². The van der Waals surface area contributed by atoms with Crippen LogP contribution in [0.1, 0.15) is 213 Å². The van der Waals surface area contributed by atoms with Gasteiger partial charge in [0.2, 0.25) is 0 Å². The van der Waals surface area contributed by atoms with Gasteiger partial charge in [0.25, 0.3) is 7.82 Å². The number of hydrogen-bond acceptors (Lipinski definition) is 8. The first-order valence-corrected chi connectivity index (χ1v) is 28.3. The number of rotatable bonds is 48. The van der Waals surface area contributed by atoms with Crippen molar-refractivity contribution >= 4 is 19.8 Å². The van der Waals surface area contributed by atoms with E-state index in [2.05, 4.69) is 98.9 Å². The molecule has 10 heteroatoms. The second-order valence-electron chi connectivity index (χ2n) is 18.9. The Kier molecular flexibility index (Phi) is 46.2. The largest absolute Gasteiger partial charge is 0.756 e. The number of unbranched alkanes of at least 4 members (excludes halogenated alkanes) is 20. The Bertz CT molecular complexity index is 1410. The second kappa shape index (κ2) is 48.2. The average molecular weight is 958 g/mol. The summed E-state index contributed by atoms with van der Waals surface area (Å²) in [6.07, 6.45) is 63.3. The van der Waals surface area contributed by atoms with Crippen LogP contribution in [-0.4, -0.2) is 70.0 Å². The van der Waals surface area contributed by atoms with E-state index in [-0.39, 0.29) is 26.1 Å². The van der Waals surface area contributed by atoms with Gasteiger partial charge in [0.1, 0.15) is 19.8 Å². The number of esters is 2. The van der Waals surface area contributed by atoms with Gasteiger partial charge in [-0.3, -0.25) is 14.2 Å². The van der Waals surface area contributed by atoms with Crippen LogP contribution in [0.15, 0.2) is 85.1 Å². The van der Waals surface area contributed by atoms with Gasteiger partial charge in [0.15, 0.2) is 6.10 Å². The predicted molar refractivity (Wildman–Crippen MR) is 282 cm³/mol. The van der Waals surface area contributed by atoms with Crippen molar-refractivity contribution < 1.29 is 42.1 Å². The van der Waals surface area contributed by atoms with E-state index < -0.39 is 32.5 Å². The number of likely N-dealkylation sites (N-methyl/N-ethyl adjacent to an activating group) is 1. The lowest BCUT2D eigenvalue weighted by molar-refractivity contribution is -0.870. The lowest BCUT2D eigenvalue weighted by Gasteiger charge is -2.28. The molecule has 0 bridgehead atoms. The zero-order valence-electron chi connectivity index (χ0n) is 43.6. The molecule has 0 aliphatic heterocycles. The first-order valence-electron chi connectivity index (χ1n) is 26.8. The van der Waals surface area contributed by atoms with Crippen LogP contribution in [0.25, 0.3) is 0 Å². The van der Waals surface area contributed by atoms with Crippen molar-refractivity contribution in [3.8, 4) is 0 Å². The highest BCUT2D eigenvalue weighted by Crippen LogP contribution is 2.38.